The summed E-state index contributed by atoms with van der Waals surface area (Å²) in [6, 6.07) is 15.2. The average molecular weight is 256 g/mol. The van der Waals surface area contributed by atoms with Gasteiger partial charge in [-0.1, -0.05) is 36.4 Å². The van der Waals surface area contributed by atoms with Crippen LogP contribution in [0.5, 0.6) is 5.75 Å². The lowest BCUT2D eigenvalue weighted by molar-refractivity contribution is -0.142. The molecule has 2 aromatic carbocycles. The van der Waals surface area contributed by atoms with Crippen LogP contribution in [0.2, 0.25) is 0 Å². The molecule has 1 N–H and O–H groups in total. The largest absolute Gasteiger partial charge is 0.508 e. The fraction of sp³-hybridized carbons (Fsp3) is 0.188. The van der Waals surface area contributed by atoms with E-state index >= 15 is 0 Å². The first-order valence-electron chi connectivity index (χ1n) is 6.13. The topological polar surface area (TPSA) is 46.5 Å². The Morgan fingerprint density at radius 3 is 2.53 bits per heavy atom. The third kappa shape index (κ3) is 3.85. The number of aromatic hydroxyl groups is 1. The molecule has 2 rings (SSSR count). The molecule has 2 aromatic rings. The van der Waals surface area contributed by atoms with E-state index in [2.05, 4.69) is 0 Å². The summed E-state index contributed by atoms with van der Waals surface area (Å²) >= 11 is 0. The van der Waals surface area contributed by atoms with Gasteiger partial charge in [0, 0.05) is 13.3 Å². The van der Waals surface area contributed by atoms with Gasteiger partial charge in [-0.2, -0.15) is 0 Å². The van der Waals surface area contributed by atoms with E-state index in [1.807, 2.05) is 36.4 Å². The highest BCUT2D eigenvalue weighted by molar-refractivity contribution is 5.65. The summed E-state index contributed by atoms with van der Waals surface area (Å²) in [5.74, 6) is -0.0480. The summed E-state index contributed by atoms with van der Waals surface area (Å²) in [4.78, 5) is 10.8. The van der Waals surface area contributed by atoms with E-state index in [0.717, 1.165) is 16.7 Å². The molecule has 0 bridgehead atoms. The second-order valence-corrected chi connectivity index (χ2v) is 4.41. The molecule has 3 heteroatoms. The molecule has 0 heterocycles. The summed E-state index contributed by atoms with van der Waals surface area (Å²) in [5.41, 5.74) is 2.83. The Balaban J connectivity index is 2.15. The molecule has 0 unspecified atom stereocenters. The molecule has 98 valence electrons. The summed E-state index contributed by atoms with van der Waals surface area (Å²) < 4.78 is 4.95. The molecule has 0 aliphatic heterocycles. The molecule has 0 fully saturated rings. The van der Waals surface area contributed by atoms with Crippen LogP contribution >= 0.6 is 0 Å². The third-order valence-electron chi connectivity index (χ3n) is 2.82. The molecular formula is C16H16O3. The van der Waals surface area contributed by atoms with E-state index in [1.54, 1.807) is 12.1 Å². The summed E-state index contributed by atoms with van der Waals surface area (Å²) in [7, 11) is 0. The highest BCUT2D eigenvalue weighted by atomic mass is 16.5. The van der Waals surface area contributed by atoms with Gasteiger partial charge in [-0.05, 0) is 28.8 Å². The number of hydrogen-bond acceptors (Lipinski definition) is 3. The predicted octanol–water partition coefficient (Wildman–Crippen LogP) is 3.05. The SMILES string of the molecule is CC(=O)OCc1ccc(O)c(Cc2ccccc2)c1. The molecule has 0 saturated carbocycles. The predicted molar refractivity (Wildman–Crippen MR) is 72.8 cm³/mol. The summed E-state index contributed by atoms with van der Waals surface area (Å²) in [5, 5.41) is 9.87. The lowest BCUT2D eigenvalue weighted by Gasteiger charge is -2.08. The number of esters is 1. The first kappa shape index (κ1) is 13.1. The minimum absolute atomic E-state index is 0.234. The van der Waals surface area contributed by atoms with E-state index in [9.17, 15) is 9.90 Å². The van der Waals surface area contributed by atoms with Crippen LogP contribution in [0.25, 0.3) is 0 Å². The quantitative estimate of drug-likeness (QED) is 0.855. The minimum atomic E-state index is -0.308. The second-order valence-electron chi connectivity index (χ2n) is 4.41. The number of phenols is 1. The van der Waals surface area contributed by atoms with Gasteiger partial charge in [0.25, 0.3) is 0 Å². The number of rotatable bonds is 4. The van der Waals surface area contributed by atoms with Crippen molar-refractivity contribution < 1.29 is 14.6 Å². The monoisotopic (exact) mass is 256 g/mol. The Morgan fingerprint density at radius 2 is 1.84 bits per heavy atom. The van der Waals surface area contributed by atoms with Gasteiger partial charge in [0.1, 0.15) is 12.4 Å². The molecule has 0 saturated heterocycles. The van der Waals surface area contributed by atoms with Gasteiger partial charge in [-0.25, -0.2) is 0 Å². The number of carbonyl (C=O) groups is 1. The number of carbonyl (C=O) groups excluding carboxylic acids is 1. The van der Waals surface area contributed by atoms with Gasteiger partial charge in [0.15, 0.2) is 0 Å². The molecule has 0 atom stereocenters. The second kappa shape index (κ2) is 6.05. The van der Waals surface area contributed by atoms with Gasteiger partial charge in [0.2, 0.25) is 0 Å². The van der Waals surface area contributed by atoms with E-state index in [1.165, 1.54) is 6.92 Å². The zero-order valence-electron chi connectivity index (χ0n) is 10.8. The Kier molecular flexibility index (Phi) is 4.18. The maximum absolute atomic E-state index is 10.8. The first-order chi connectivity index (χ1) is 9.15. The Hall–Kier alpha value is -2.29. The zero-order valence-corrected chi connectivity index (χ0v) is 10.8. The normalized spacial score (nSPS) is 10.2. The summed E-state index contributed by atoms with van der Waals surface area (Å²) in [6.45, 7) is 1.61. The molecule has 3 nitrogen and oxygen atoms in total. The van der Waals surface area contributed by atoms with Crippen molar-refractivity contribution >= 4 is 5.97 Å². The van der Waals surface area contributed by atoms with Crippen LogP contribution < -0.4 is 0 Å². The molecule has 0 spiro atoms. The van der Waals surface area contributed by atoms with Crippen molar-refractivity contribution in [3.8, 4) is 5.75 Å². The molecular weight excluding hydrogens is 240 g/mol. The van der Waals surface area contributed by atoms with E-state index in [0.29, 0.717) is 6.42 Å². The van der Waals surface area contributed by atoms with Gasteiger partial charge in [0.05, 0.1) is 0 Å². The number of hydrogen-bond donors (Lipinski definition) is 1. The van der Waals surface area contributed by atoms with E-state index in [4.69, 9.17) is 4.74 Å². The van der Waals surface area contributed by atoms with E-state index < -0.39 is 0 Å². The Labute approximate surface area is 112 Å². The van der Waals surface area contributed by atoms with Gasteiger partial charge >= 0.3 is 5.97 Å². The maximum Gasteiger partial charge on any atom is 0.302 e. The Morgan fingerprint density at radius 1 is 1.11 bits per heavy atom. The minimum Gasteiger partial charge on any atom is -0.508 e. The molecule has 0 aliphatic rings. The maximum atomic E-state index is 10.8. The standard InChI is InChI=1S/C16H16O3/c1-12(17)19-11-14-7-8-16(18)15(10-14)9-13-5-3-2-4-6-13/h2-8,10,18H,9,11H2,1H3. The fourth-order valence-corrected chi connectivity index (χ4v) is 1.87. The van der Waals surface area contributed by atoms with Crippen molar-refractivity contribution in [3.63, 3.8) is 0 Å². The van der Waals surface area contributed by atoms with Crippen LogP contribution in [0.3, 0.4) is 0 Å². The van der Waals surface area contributed by atoms with Crippen LogP contribution in [0.1, 0.15) is 23.6 Å². The number of phenolic OH excluding ortho intramolecular Hbond substituents is 1. The van der Waals surface area contributed by atoms with Crippen LogP contribution in [0.4, 0.5) is 0 Å². The molecule has 0 aliphatic carbocycles. The lowest BCUT2D eigenvalue weighted by atomic mass is 10.0. The van der Waals surface area contributed by atoms with E-state index in [-0.39, 0.29) is 18.3 Å². The zero-order chi connectivity index (χ0) is 13.7. The van der Waals surface area contributed by atoms with Crippen LogP contribution in [-0.4, -0.2) is 11.1 Å². The molecule has 0 radical (unpaired) electrons. The van der Waals surface area contributed by atoms with Crippen molar-refractivity contribution in [1.29, 1.82) is 0 Å². The molecule has 0 amide bonds. The van der Waals surface area contributed by atoms with Crippen LogP contribution in [-0.2, 0) is 22.6 Å². The van der Waals surface area contributed by atoms with Gasteiger partial charge in [-0.15, -0.1) is 0 Å². The van der Waals surface area contributed by atoms with Gasteiger partial charge < -0.3 is 9.84 Å². The number of benzene rings is 2. The molecule has 19 heavy (non-hydrogen) atoms. The lowest BCUT2D eigenvalue weighted by Crippen LogP contribution is -1.99. The van der Waals surface area contributed by atoms with Crippen molar-refractivity contribution in [1.82, 2.24) is 0 Å². The average Bonchev–Trinajstić information content (AvgIpc) is 2.41. The fourth-order valence-electron chi connectivity index (χ4n) is 1.87. The first-order valence-corrected chi connectivity index (χ1v) is 6.13. The van der Waals surface area contributed by atoms with Crippen molar-refractivity contribution in [2.24, 2.45) is 0 Å². The highest BCUT2D eigenvalue weighted by Gasteiger charge is 2.05. The van der Waals surface area contributed by atoms with Crippen molar-refractivity contribution in [3.05, 3.63) is 65.2 Å². The highest BCUT2D eigenvalue weighted by Crippen LogP contribution is 2.22. The number of ether oxygens (including phenoxy) is 1. The summed E-state index contributed by atoms with van der Waals surface area (Å²) in [6.07, 6.45) is 0.653. The van der Waals surface area contributed by atoms with Gasteiger partial charge in [-0.3, -0.25) is 4.79 Å². The van der Waals surface area contributed by atoms with Crippen molar-refractivity contribution in [2.75, 3.05) is 0 Å². The smallest absolute Gasteiger partial charge is 0.302 e. The Bertz CT molecular complexity index is 561. The molecule has 0 aromatic heterocycles. The third-order valence-corrected chi connectivity index (χ3v) is 2.82. The van der Waals surface area contributed by atoms with Crippen LogP contribution in [0, 0.1) is 0 Å². The van der Waals surface area contributed by atoms with Crippen LogP contribution in [0.15, 0.2) is 48.5 Å². The van der Waals surface area contributed by atoms with Crippen molar-refractivity contribution in [2.45, 2.75) is 20.0 Å².